The van der Waals surface area contributed by atoms with E-state index in [0.717, 1.165) is 24.7 Å². The number of nitrogens with one attached hydrogen (secondary N) is 1. The SMILES string of the molecule is O=c1[nH]nc2ccc(N3CCSC4(CCCCC4)C3)nn12. The first kappa shape index (κ1) is 13.2. The second-order valence-electron chi connectivity index (χ2n) is 6.00. The quantitative estimate of drug-likeness (QED) is 0.868. The van der Waals surface area contributed by atoms with E-state index < -0.39 is 0 Å². The highest BCUT2D eigenvalue weighted by Crippen LogP contribution is 2.43. The van der Waals surface area contributed by atoms with Crippen molar-refractivity contribution in [2.45, 2.75) is 36.9 Å². The highest BCUT2D eigenvalue weighted by Gasteiger charge is 2.37. The van der Waals surface area contributed by atoms with E-state index in [1.807, 2.05) is 12.1 Å². The number of thioether (sulfide) groups is 1. The van der Waals surface area contributed by atoms with Gasteiger partial charge in [0.2, 0.25) is 0 Å². The van der Waals surface area contributed by atoms with Crippen LogP contribution in [-0.4, -0.2) is 43.4 Å². The minimum atomic E-state index is -0.273. The molecule has 1 aliphatic heterocycles. The summed E-state index contributed by atoms with van der Waals surface area (Å²) in [7, 11) is 0. The molecule has 21 heavy (non-hydrogen) atoms. The van der Waals surface area contributed by atoms with Crippen molar-refractivity contribution in [2.24, 2.45) is 0 Å². The monoisotopic (exact) mass is 305 g/mol. The number of fused-ring (bicyclic) bond motifs is 1. The van der Waals surface area contributed by atoms with Gasteiger partial charge in [0.15, 0.2) is 5.65 Å². The van der Waals surface area contributed by atoms with Crippen molar-refractivity contribution in [2.75, 3.05) is 23.7 Å². The minimum absolute atomic E-state index is 0.273. The molecule has 0 unspecified atom stereocenters. The molecule has 1 saturated carbocycles. The Hall–Kier alpha value is -1.50. The second-order valence-corrected chi connectivity index (χ2v) is 7.57. The lowest BCUT2D eigenvalue weighted by molar-refractivity contribution is 0.390. The Labute approximate surface area is 126 Å². The Morgan fingerprint density at radius 3 is 2.95 bits per heavy atom. The highest BCUT2D eigenvalue weighted by atomic mass is 32.2. The standard InChI is InChI=1S/C14H19N5OS/c20-13-16-15-11-4-5-12(17-19(11)13)18-8-9-21-14(10-18)6-2-1-3-7-14/h4-5H,1-3,6-10H2,(H,16,20). The molecule has 2 fully saturated rings. The fourth-order valence-electron chi connectivity index (χ4n) is 3.50. The molecule has 7 heteroatoms. The number of H-pyrrole nitrogens is 1. The van der Waals surface area contributed by atoms with Gasteiger partial charge in [0.1, 0.15) is 5.82 Å². The Balaban J connectivity index is 1.64. The normalized spacial score (nSPS) is 22.0. The summed E-state index contributed by atoms with van der Waals surface area (Å²) in [4.78, 5) is 14.0. The van der Waals surface area contributed by atoms with Crippen LogP contribution in [-0.2, 0) is 0 Å². The maximum Gasteiger partial charge on any atom is 0.364 e. The van der Waals surface area contributed by atoms with Crippen LogP contribution >= 0.6 is 11.8 Å². The lowest BCUT2D eigenvalue weighted by Crippen LogP contribution is -2.48. The van der Waals surface area contributed by atoms with Crippen LogP contribution in [0.25, 0.3) is 5.65 Å². The van der Waals surface area contributed by atoms with Crippen LogP contribution in [0.3, 0.4) is 0 Å². The van der Waals surface area contributed by atoms with Crippen molar-refractivity contribution < 1.29 is 0 Å². The highest BCUT2D eigenvalue weighted by molar-refractivity contribution is 8.00. The zero-order chi connectivity index (χ0) is 14.3. The van der Waals surface area contributed by atoms with Crippen LogP contribution in [0, 0.1) is 0 Å². The van der Waals surface area contributed by atoms with Gasteiger partial charge < -0.3 is 4.90 Å². The van der Waals surface area contributed by atoms with Gasteiger partial charge in [-0.3, -0.25) is 0 Å². The van der Waals surface area contributed by atoms with Crippen LogP contribution in [0.2, 0.25) is 0 Å². The predicted octanol–water partition coefficient (Wildman–Crippen LogP) is 1.67. The van der Waals surface area contributed by atoms with Gasteiger partial charge in [-0.2, -0.15) is 21.4 Å². The second kappa shape index (κ2) is 5.05. The van der Waals surface area contributed by atoms with Crippen molar-refractivity contribution in [3.8, 4) is 0 Å². The molecule has 1 aliphatic carbocycles. The molecular weight excluding hydrogens is 286 g/mol. The molecular formula is C14H19N5OS. The summed E-state index contributed by atoms with van der Waals surface area (Å²) >= 11 is 2.14. The van der Waals surface area contributed by atoms with E-state index in [9.17, 15) is 4.79 Å². The van der Waals surface area contributed by atoms with Gasteiger partial charge >= 0.3 is 5.69 Å². The van der Waals surface area contributed by atoms with Gasteiger partial charge in [0.25, 0.3) is 0 Å². The zero-order valence-corrected chi connectivity index (χ0v) is 12.7. The molecule has 3 heterocycles. The van der Waals surface area contributed by atoms with Crippen molar-refractivity contribution in [1.29, 1.82) is 0 Å². The average molecular weight is 305 g/mol. The maximum atomic E-state index is 11.7. The molecule has 6 nitrogen and oxygen atoms in total. The van der Waals surface area contributed by atoms with Crippen molar-refractivity contribution in [1.82, 2.24) is 19.8 Å². The average Bonchev–Trinajstić information content (AvgIpc) is 2.89. The van der Waals surface area contributed by atoms with E-state index in [1.54, 1.807) is 0 Å². The molecule has 4 rings (SSSR count). The number of aromatic amines is 1. The molecule has 2 aromatic rings. The summed E-state index contributed by atoms with van der Waals surface area (Å²) in [5, 5.41) is 10.8. The third kappa shape index (κ3) is 2.33. The van der Waals surface area contributed by atoms with E-state index in [4.69, 9.17) is 0 Å². The summed E-state index contributed by atoms with van der Waals surface area (Å²) in [6, 6.07) is 3.83. The van der Waals surface area contributed by atoms with E-state index >= 15 is 0 Å². The first-order valence-corrected chi connectivity index (χ1v) is 8.58. The third-order valence-corrected chi connectivity index (χ3v) is 6.13. The smallest absolute Gasteiger partial charge is 0.353 e. The predicted molar refractivity (Wildman–Crippen MR) is 84.1 cm³/mol. The van der Waals surface area contributed by atoms with E-state index in [-0.39, 0.29) is 5.69 Å². The van der Waals surface area contributed by atoms with Crippen LogP contribution in [0.5, 0.6) is 0 Å². The molecule has 0 aromatic carbocycles. The van der Waals surface area contributed by atoms with Gasteiger partial charge in [-0.15, -0.1) is 5.10 Å². The number of rotatable bonds is 1. The van der Waals surface area contributed by atoms with Gasteiger partial charge in [-0.05, 0) is 25.0 Å². The molecule has 1 spiro atoms. The number of aromatic nitrogens is 4. The summed E-state index contributed by atoms with van der Waals surface area (Å²) in [5.74, 6) is 2.02. The molecule has 1 saturated heterocycles. The van der Waals surface area contributed by atoms with Gasteiger partial charge in [-0.1, -0.05) is 19.3 Å². The lowest BCUT2D eigenvalue weighted by atomic mass is 9.87. The largest absolute Gasteiger partial charge is 0.364 e. The number of nitrogens with zero attached hydrogens (tertiary/aromatic N) is 4. The van der Waals surface area contributed by atoms with E-state index in [0.29, 0.717) is 10.4 Å². The van der Waals surface area contributed by atoms with Gasteiger partial charge in [0.05, 0.1) is 0 Å². The van der Waals surface area contributed by atoms with Crippen molar-refractivity contribution in [3.05, 3.63) is 22.6 Å². The van der Waals surface area contributed by atoms with Crippen LogP contribution in [0.4, 0.5) is 5.82 Å². The van der Waals surface area contributed by atoms with Gasteiger partial charge in [-0.25, -0.2) is 9.89 Å². The van der Waals surface area contributed by atoms with E-state index in [1.165, 1.54) is 36.6 Å². The lowest BCUT2D eigenvalue weighted by Gasteiger charge is -2.45. The first-order valence-electron chi connectivity index (χ1n) is 7.59. The van der Waals surface area contributed by atoms with Crippen molar-refractivity contribution >= 4 is 23.2 Å². The third-order valence-electron chi connectivity index (χ3n) is 4.60. The molecule has 0 atom stereocenters. The number of hydrogen-bond acceptors (Lipinski definition) is 5. The van der Waals surface area contributed by atoms with E-state index in [2.05, 4.69) is 32.0 Å². The van der Waals surface area contributed by atoms with Crippen molar-refractivity contribution in [3.63, 3.8) is 0 Å². The first-order chi connectivity index (χ1) is 10.3. The van der Waals surface area contributed by atoms with Crippen LogP contribution in [0.15, 0.2) is 16.9 Å². The molecule has 2 aliphatic rings. The van der Waals surface area contributed by atoms with Gasteiger partial charge in [0, 0.05) is 23.6 Å². The molecule has 112 valence electrons. The number of hydrogen-bond donors (Lipinski definition) is 1. The molecule has 0 radical (unpaired) electrons. The number of anilines is 1. The fourth-order valence-corrected chi connectivity index (χ4v) is 5.07. The Morgan fingerprint density at radius 1 is 1.24 bits per heavy atom. The molecule has 1 N–H and O–H groups in total. The summed E-state index contributed by atoms with van der Waals surface area (Å²) < 4.78 is 1.75. The maximum absolute atomic E-state index is 11.7. The topological polar surface area (TPSA) is 66.3 Å². The Kier molecular flexibility index (Phi) is 3.17. The van der Waals surface area contributed by atoms with Crippen LogP contribution in [0.1, 0.15) is 32.1 Å². The van der Waals surface area contributed by atoms with Crippen LogP contribution < -0.4 is 10.6 Å². The minimum Gasteiger partial charge on any atom is -0.353 e. The summed E-state index contributed by atoms with van der Waals surface area (Å²) in [6.07, 6.45) is 6.67. The Morgan fingerprint density at radius 2 is 2.10 bits per heavy atom. The summed E-state index contributed by atoms with van der Waals surface area (Å²) in [6.45, 7) is 2.04. The molecule has 0 bridgehead atoms. The molecule has 2 aromatic heterocycles. The zero-order valence-electron chi connectivity index (χ0n) is 11.9. The fraction of sp³-hybridized carbons (Fsp3) is 0.643. The summed E-state index contributed by atoms with van der Waals surface area (Å²) in [5.41, 5.74) is 0.299. The molecule has 0 amide bonds. The Bertz CT molecular complexity index is 697.